The second-order valence-corrected chi connectivity index (χ2v) is 6.63. The molecular formula is C15H23N3O3. The molecular weight excluding hydrogens is 270 g/mol. The van der Waals surface area contributed by atoms with Gasteiger partial charge in [0.1, 0.15) is 0 Å². The summed E-state index contributed by atoms with van der Waals surface area (Å²) in [6.45, 7) is 8.51. The summed E-state index contributed by atoms with van der Waals surface area (Å²) in [6.07, 6.45) is 1.91. The van der Waals surface area contributed by atoms with Gasteiger partial charge in [0.05, 0.1) is 17.7 Å². The molecule has 2 atom stereocenters. The molecule has 0 saturated carbocycles. The van der Waals surface area contributed by atoms with Crippen molar-refractivity contribution >= 4 is 11.9 Å². The number of aromatic nitrogens is 2. The zero-order valence-corrected chi connectivity index (χ0v) is 13.3. The Labute approximate surface area is 124 Å². The number of carbonyl (C=O) groups excluding carboxylic acids is 1. The zero-order valence-electron chi connectivity index (χ0n) is 13.3. The first-order chi connectivity index (χ1) is 9.66. The average Bonchev–Trinajstić information content (AvgIpc) is 2.88. The first-order valence-electron chi connectivity index (χ1n) is 7.23. The van der Waals surface area contributed by atoms with Crippen LogP contribution in [0.4, 0.5) is 0 Å². The van der Waals surface area contributed by atoms with Gasteiger partial charge in [0.2, 0.25) is 5.91 Å². The standard InChI is InChI=1S/C15H23N3O3/c1-6-18-11(19)7-9(14(20)21)12(18)10-8-17(5)16-13(10)15(2,3)4/h8-9,12H,6-7H2,1-5H3,(H,20,21). The highest BCUT2D eigenvalue weighted by Gasteiger charge is 2.46. The average molecular weight is 293 g/mol. The summed E-state index contributed by atoms with van der Waals surface area (Å²) in [5.41, 5.74) is 1.50. The lowest BCUT2D eigenvalue weighted by molar-refractivity contribution is -0.142. The van der Waals surface area contributed by atoms with Crippen LogP contribution in [0.25, 0.3) is 0 Å². The summed E-state index contributed by atoms with van der Waals surface area (Å²) in [5, 5.41) is 14.0. The molecule has 2 heterocycles. The van der Waals surface area contributed by atoms with E-state index in [0.29, 0.717) is 6.54 Å². The van der Waals surface area contributed by atoms with Gasteiger partial charge in [-0.15, -0.1) is 0 Å². The van der Waals surface area contributed by atoms with Crippen LogP contribution in [-0.2, 0) is 22.1 Å². The molecule has 1 fully saturated rings. The molecule has 1 aromatic rings. The van der Waals surface area contributed by atoms with Crippen molar-refractivity contribution in [2.24, 2.45) is 13.0 Å². The third-order valence-corrected chi connectivity index (χ3v) is 3.98. The van der Waals surface area contributed by atoms with E-state index in [1.54, 1.807) is 9.58 Å². The molecule has 0 aromatic carbocycles. The highest BCUT2D eigenvalue weighted by molar-refractivity contribution is 5.87. The van der Waals surface area contributed by atoms with Crippen LogP contribution in [0.5, 0.6) is 0 Å². The predicted octanol–water partition coefficient (Wildman–Crippen LogP) is 1.71. The minimum absolute atomic E-state index is 0.0618. The summed E-state index contributed by atoms with van der Waals surface area (Å²) in [7, 11) is 1.82. The maximum absolute atomic E-state index is 12.1. The monoisotopic (exact) mass is 293 g/mol. The smallest absolute Gasteiger partial charge is 0.309 e. The lowest BCUT2D eigenvalue weighted by atomic mass is 9.84. The number of carboxylic acids is 1. The fourth-order valence-corrected chi connectivity index (χ4v) is 3.08. The SMILES string of the molecule is CCN1C(=O)CC(C(=O)O)C1c1cn(C)nc1C(C)(C)C. The quantitative estimate of drug-likeness (QED) is 0.920. The van der Waals surface area contributed by atoms with Crippen LogP contribution in [-0.4, -0.2) is 38.2 Å². The third kappa shape index (κ3) is 2.66. The van der Waals surface area contributed by atoms with Crippen molar-refractivity contribution in [3.63, 3.8) is 0 Å². The Hall–Kier alpha value is -1.85. The van der Waals surface area contributed by atoms with Crippen LogP contribution < -0.4 is 0 Å². The fraction of sp³-hybridized carbons (Fsp3) is 0.667. The lowest BCUT2D eigenvalue weighted by Crippen LogP contribution is -2.32. The van der Waals surface area contributed by atoms with E-state index in [4.69, 9.17) is 0 Å². The molecule has 1 N–H and O–H groups in total. The van der Waals surface area contributed by atoms with E-state index in [-0.39, 0.29) is 17.7 Å². The van der Waals surface area contributed by atoms with Gasteiger partial charge in [-0.2, -0.15) is 5.10 Å². The van der Waals surface area contributed by atoms with Crippen LogP contribution >= 0.6 is 0 Å². The molecule has 0 spiro atoms. The van der Waals surface area contributed by atoms with Crippen LogP contribution in [0, 0.1) is 5.92 Å². The predicted molar refractivity (Wildman–Crippen MR) is 77.8 cm³/mol. The van der Waals surface area contributed by atoms with Crippen LogP contribution in [0.3, 0.4) is 0 Å². The molecule has 1 aromatic heterocycles. The van der Waals surface area contributed by atoms with E-state index in [9.17, 15) is 14.7 Å². The number of hydrogen-bond donors (Lipinski definition) is 1. The Balaban J connectivity index is 2.56. The number of likely N-dealkylation sites (tertiary alicyclic amines) is 1. The van der Waals surface area contributed by atoms with Crippen molar-refractivity contribution in [3.8, 4) is 0 Å². The summed E-state index contributed by atoms with van der Waals surface area (Å²) >= 11 is 0. The molecule has 116 valence electrons. The van der Waals surface area contributed by atoms with E-state index in [0.717, 1.165) is 11.3 Å². The molecule has 1 saturated heterocycles. The van der Waals surface area contributed by atoms with Gasteiger partial charge in [-0.3, -0.25) is 14.3 Å². The highest BCUT2D eigenvalue weighted by atomic mass is 16.4. The molecule has 2 unspecified atom stereocenters. The lowest BCUT2D eigenvalue weighted by Gasteiger charge is -2.28. The van der Waals surface area contributed by atoms with E-state index in [1.165, 1.54) is 0 Å². The second kappa shape index (κ2) is 5.16. The van der Waals surface area contributed by atoms with Crippen molar-refractivity contribution in [2.75, 3.05) is 6.54 Å². The number of carbonyl (C=O) groups is 2. The molecule has 2 rings (SSSR count). The maximum Gasteiger partial charge on any atom is 0.309 e. The van der Waals surface area contributed by atoms with E-state index >= 15 is 0 Å². The van der Waals surface area contributed by atoms with Gasteiger partial charge < -0.3 is 10.0 Å². The van der Waals surface area contributed by atoms with Crippen molar-refractivity contribution in [1.29, 1.82) is 0 Å². The highest BCUT2D eigenvalue weighted by Crippen LogP contribution is 2.41. The van der Waals surface area contributed by atoms with Gasteiger partial charge in [0.15, 0.2) is 0 Å². The Morgan fingerprint density at radius 2 is 2.10 bits per heavy atom. The van der Waals surface area contributed by atoms with Crippen molar-refractivity contribution in [1.82, 2.24) is 14.7 Å². The zero-order chi connectivity index (χ0) is 15.9. The Kier molecular flexibility index (Phi) is 3.82. The molecule has 6 nitrogen and oxygen atoms in total. The molecule has 1 amide bonds. The number of amides is 1. The topological polar surface area (TPSA) is 75.4 Å². The van der Waals surface area contributed by atoms with Gasteiger partial charge >= 0.3 is 5.97 Å². The van der Waals surface area contributed by atoms with Gasteiger partial charge in [0.25, 0.3) is 0 Å². The van der Waals surface area contributed by atoms with Gasteiger partial charge in [-0.05, 0) is 6.92 Å². The molecule has 0 radical (unpaired) electrons. The van der Waals surface area contributed by atoms with Gasteiger partial charge in [0, 0.05) is 37.2 Å². The van der Waals surface area contributed by atoms with Gasteiger partial charge in [-0.1, -0.05) is 20.8 Å². The number of aliphatic carboxylic acids is 1. The Morgan fingerprint density at radius 1 is 1.48 bits per heavy atom. The van der Waals surface area contributed by atoms with Crippen molar-refractivity contribution in [2.45, 2.75) is 45.6 Å². The largest absolute Gasteiger partial charge is 0.481 e. The van der Waals surface area contributed by atoms with Gasteiger partial charge in [-0.25, -0.2) is 0 Å². The second-order valence-electron chi connectivity index (χ2n) is 6.63. The first-order valence-corrected chi connectivity index (χ1v) is 7.23. The Morgan fingerprint density at radius 3 is 2.57 bits per heavy atom. The maximum atomic E-state index is 12.1. The van der Waals surface area contributed by atoms with E-state index in [2.05, 4.69) is 5.10 Å². The molecule has 0 aliphatic carbocycles. The molecule has 1 aliphatic heterocycles. The van der Waals surface area contributed by atoms with Crippen LogP contribution in [0.15, 0.2) is 6.20 Å². The fourth-order valence-electron chi connectivity index (χ4n) is 3.08. The number of aryl methyl sites for hydroxylation is 1. The number of hydrogen-bond acceptors (Lipinski definition) is 3. The Bertz CT molecular complexity index is 571. The summed E-state index contributed by atoms with van der Waals surface area (Å²) in [5.74, 6) is -1.73. The minimum atomic E-state index is -0.923. The molecule has 1 aliphatic rings. The van der Waals surface area contributed by atoms with E-state index < -0.39 is 17.9 Å². The molecule has 0 bridgehead atoms. The number of carboxylic acid groups (broad SMARTS) is 1. The summed E-state index contributed by atoms with van der Waals surface area (Å²) < 4.78 is 1.70. The first kappa shape index (κ1) is 15.5. The third-order valence-electron chi connectivity index (χ3n) is 3.98. The van der Waals surface area contributed by atoms with Crippen molar-refractivity contribution in [3.05, 3.63) is 17.5 Å². The molecule has 6 heteroatoms. The number of nitrogens with zero attached hydrogens (tertiary/aromatic N) is 3. The minimum Gasteiger partial charge on any atom is -0.481 e. The summed E-state index contributed by atoms with van der Waals surface area (Å²) in [6, 6.07) is -0.428. The van der Waals surface area contributed by atoms with Crippen molar-refractivity contribution < 1.29 is 14.7 Å². The molecule has 21 heavy (non-hydrogen) atoms. The van der Waals surface area contributed by atoms with Crippen LogP contribution in [0.2, 0.25) is 0 Å². The van der Waals surface area contributed by atoms with E-state index in [1.807, 2.05) is 40.9 Å². The normalized spacial score (nSPS) is 22.9. The van der Waals surface area contributed by atoms with Crippen LogP contribution in [0.1, 0.15) is 51.4 Å². The summed E-state index contributed by atoms with van der Waals surface area (Å²) in [4.78, 5) is 25.3. The number of rotatable bonds is 3.